The lowest BCUT2D eigenvalue weighted by atomic mass is 10.00. The normalized spacial score (nSPS) is 16.6. The first-order valence-electron chi connectivity index (χ1n) is 10.0. The molecule has 7 heteroatoms. The third-order valence-electron chi connectivity index (χ3n) is 5.66. The molecular weight excluding hydrogens is 366 g/mol. The minimum atomic E-state index is -0.0590. The second kappa shape index (κ2) is 7.58. The lowest BCUT2D eigenvalue weighted by molar-refractivity contribution is 0.0714. The van der Waals surface area contributed by atoms with Crippen molar-refractivity contribution in [3.8, 4) is 0 Å². The number of amides is 1. The maximum Gasteiger partial charge on any atom is 0.289 e. The van der Waals surface area contributed by atoms with Crippen LogP contribution in [0.15, 0.2) is 59.3 Å². The van der Waals surface area contributed by atoms with Gasteiger partial charge in [-0.1, -0.05) is 24.3 Å². The van der Waals surface area contributed by atoms with Crippen molar-refractivity contribution in [2.75, 3.05) is 42.5 Å². The lowest BCUT2D eigenvalue weighted by Crippen LogP contribution is -2.49. The Morgan fingerprint density at radius 3 is 2.52 bits per heavy atom. The van der Waals surface area contributed by atoms with E-state index in [1.165, 1.54) is 17.4 Å². The third-order valence-corrected chi connectivity index (χ3v) is 5.66. The van der Waals surface area contributed by atoms with Gasteiger partial charge in [-0.25, -0.2) is 4.98 Å². The highest BCUT2D eigenvalue weighted by molar-refractivity contribution is 5.91. The molecule has 0 N–H and O–H groups in total. The van der Waals surface area contributed by atoms with Crippen LogP contribution in [0.5, 0.6) is 0 Å². The number of hydrogen-bond donors (Lipinski definition) is 0. The average Bonchev–Trinajstić information content (AvgIpc) is 3.33. The zero-order valence-electron chi connectivity index (χ0n) is 16.2. The maximum atomic E-state index is 12.4. The second-order valence-electron chi connectivity index (χ2n) is 7.41. The first-order valence-corrected chi connectivity index (χ1v) is 10.0. The van der Waals surface area contributed by atoms with Gasteiger partial charge in [0.25, 0.3) is 5.91 Å². The van der Waals surface area contributed by atoms with Crippen LogP contribution in [0, 0.1) is 0 Å². The van der Waals surface area contributed by atoms with Gasteiger partial charge in [-0.3, -0.25) is 4.79 Å². The Kier molecular flexibility index (Phi) is 4.63. The minimum Gasteiger partial charge on any atom is -0.459 e. The maximum absolute atomic E-state index is 12.4. The molecule has 29 heavy (non-hydrogen) atoms. The van der Waals surface area contributed by atoms with Crippen molar-refractivity contribution in [1.82, 2.24) is 14.9 Å². The van der Waals surface area contributed by atoms with Crippen LogP contribution in [0.4, 0.5) is 11.8 Å². The fourth-order valence-electron chi connectivity index (χ4n) is 4.02. The van der Waals surface area contributed by atoms with Crippen LogP contribution in [0.2, 0.25) is 0 Å². The van der Waals surface area contributed by atoms with Crippen LogP contribution < -0.4 is 9.80 Å². The first-order chi connectivity index (χ1) is 14.3. The monoisotopic (exact) mass is 389 g/mol. The smallest absolute Gasteiger partial charge is 0.289 e. The summed E-state index contributed by atoms with van der Waals surface area (Å²) in [6.45, 7) is 4.50. The van der Waals surface area contributed by atoms with E-state index in [0.717, 1.165) is 31.3 Å². The number of hydrogen-bond acceptors (Lipinski definition) is 6. The number of carbonyl (C=O) groups is 1. The number of benzene rings is 1. The van der Waals surface area contributed by atoms with Crippen LogP contribution in [0.3, 0.4) is 0 Å². The molecule has 2 aliphatic heterocycles. The molecule has 2 aromatic heterocycles. The van der Waals surface area contributed by atoms with Crippen LogP contribution in [-0.4, -0.2) is 53.5 Å². The molecule has 3 aromatic rings. The summed E-state index contributed by atoms with van der Waals surface area (Å²) in [5, 5.41) is 0. The second-order valence-corrected chi connectivity index (χ2v) is 7.41. The Morgan fingerprint density at radius 1 is 0.897 bits per heavy atom. The SMILES string of the molecule is O=C(c1ccco1)N1CCN(c2nccc(N3CCc4ccccc4C3)n2)CC1. The topological polar surface area (TPSA) is 65.7 Å². The Hall–Kier alpha value is -3.35. The van der Waals surface area contributed by atoms with Crippen molar-refractivity contribution in [3.05, 3.63) is 71.8 Å². The fourth-order valence-corrected chi connectivity index (χ4v) is 4.02. The molecule has 1 aromatic carbocycles. The van der Waals surface area contributed by atoms with Gasteiger partial charge in [0.05, 0.1) is 6.26 Å². The number of piperazine rings is 1. The molecule has 0 radical (unpaired) electrons. The van der Waals surface area contributed by atoms with Crippen molar-refractivity contribution in [3.63, 3.8) is 0 Å². The minimum absolute atomic E-state index is 0.0590. The number of fused-ring (bicyclic) bond motifs is 1. The average molecular weight is 389 g/mol. The Balaban J connectivity index is 1.26. The molecule has 1 saturated heterocycles. The van der Waals surface area contributed by atoms with E-state index >= 15 is 0 Å². The molecule has 0 spiro atoms. The van der Waals surface area contributed by atoms with E-state index in [4.69, 9.17) is 9.40 Å². The van der Waals surface area contributed by atoms with E-state index in [0.29, 0.717) is 31.9 Å². The largest absolute Gasteiger partial charge is 0.459 e. The van der Waals surface area contributed by atoms with Gasteiger partial charge in [0.2, 0.25) is 5.95 Å². The molecule has 0 bridgehead atoms. The summed E-state index contributed by atoms with van der Waals surface area (Å²) in [5.74, 6) is 2.02. The summed E-state index contributed by atoms with van der Waals surface area (Å²) in [5.41, 5.74) is 2.79. The van der Waals surface area contributed by atoms with Gasteiger partial charge >= 0.3 is 0 Å². The van der Waals surface area contributed by atoms with Crippen molar-refractivity contribution in [2.24, 2.45) is 0 Å². The molecule has 4 heterocycles. The van der Waals surface area contributed by atoms with Gasteiger partial charge in [-0.05, 0) is 35.7 Å². The van der Waals surface area contributed by atoms with Crippen molar-refractivity contribution >= 4 is 17.7 Å². The van der Waals surface area contributed by atoms with E-state index in [1.54, 1.807) is 12.1 Å². The van der Waals surface area contributed by atoms with Crippen LogP contribution in [0.1, 0.15) is 21.7 Å². The summed E-state index contributed by atoms with van der Waals surface area (Å²) in [6.07, 6.45) is 4.39. The number of anilines is 2. The first kappa shape index (κ1) is 17.7. The van der Waals surface area contributed by atoms with E-state index in [-0.39, 0.29) is 5.91 Å². The highest BCUT2D eigenvalue weighted by Gasteiger charge is 2.25. The zero-order chi connectivity index (χ0) is 19.6. The fraction of sp³-hybridized carbons (Fsp3) is 0.318. The standard InChI is InChI=1S/C22H23N5O2/c28-21(19-6-3-15-29-19)25-11-13-26(14-12-25)22-23-9-7-20(24-22)27-10-8-17-4-1-2-5-18(17)16-27/h1-7,9,15H,8,10-14,16H2. The van der Waals surface area contributed by atoms with Gasteiger partial charge in [0, 0.05) is 45.5 Å². The summed E-state index contributed by atoms with van der Waals surface area (Å²) < 4.78 is 5.23. The van der Waals surface area contributed by atoms with Crippen LogP contribution >= 0.6 is 0 Å². The quantitative estimate of drug-likeness (QED) is 0.686. The summed E-state index contributed by atoms with van der Waals surface area (Å²) in [4.78, 5) is 28.0. The van der Waals surface area contributed by atoms with Gasteiger partial charge < -0.3 is 19.1 Å². The van der Waals surface area contributed by atoms with Gasteiger partial charge in [-0.15, -0.1) is 0 Å². The molecule has 2 aliphatic rings. The van der Waals surface area contributed by atoms with E-state index in [1.807, 2.05) is 17.2 Å². The highest BCUT2D eigenvalue weighted by Crippen LogP contribution is 2.24. The van der Waals surface area contributed by atoms with E-state index in [2.05, 4.69) is 39.0 Å². The van der Waals surface area contributed by atoms with Gasteiger partial charge in [0.1, 0.15) is 5.82 Å². The highest BCUT2D eigenvalue weighted by atomic mass is 16.3. The molecule has 7 nitrogen and oxygen atoms in total. The molecular formula is C22H23N5O2. The van der Waals surface area contributed by atoms with Crippen molar-refractivity contribution < 1.29 is 9.21 Å². The Labute approximate surface area is 169 Å². The van der Waals surface area contributed by atoms with E-state index < -0.39 is 0 Å². The predicted octanol–water partition coefficient (Wildman–Crippen LogP) is 2.59. The van der Waals surface area contributed by atoms with Gasteiger partial charge in [-0.2, -0.15) is 4.98 Å². The Morgan fingerprint density at radius 2 is 1.72 bits per heavy atom. The number of nitrogens with zero attached hydrogens (tertiary/aromatic N) is 5. The van der Waals surface area contributed by atoms with Crippen LogP contribution in [-0.2, 0) is 13.0 Å². The number of aromatic nitrogens is 2. The van der Waals surface area contributed by atoms with E-state index in [9.17, 15) is 4.79 Å². The molecule has 0 atom stereocenters. The van der Waals surface area contributed by atoms with Gasteiger partial charge in [0.15, 0.2) is 5.76 Å². The summed E-state index contributed by atoms with van der Waals surface area (Å²) >= 11 is 0. The zero-order valence-corrected chi connectivity index (χ0v) is 16.2. The Bertz CT molecular complexity index is 996. The van der Waals surface area contributed by atoms with Crippen molar-refractivity contribution in [1.29, 1.82) is 0 Å². The third kappa shape index (κ3) is 3.55. The summed E-state index contributed by atoms with van der Waals surface area (Å²) in [6, 6.07) is 14.0. The predicted molar refractivity (Wildman–Crippen MR) is 110 cm³/mol. The molecule has 0 aliphatic carbocycles. The molecule has 1 fully saturated rings. The molecule has 0 unspecified atom stereocenters. The van der Waals surface area contributed by atoms with Crippen molar-refractivity contribution in [2.45, 2.75) is 13.0 Å². The summed E-state index contributed by atoms with van der Waals surface area (Å²) in [7, 11) is 0. The van der Waals surface area contributed by atoms with Crippen LogP contribution in [0.25, 0.3) is 0 Å². The molecule has 1 amide bonds. The number of rotatable bonds is 3. The molecule has 0 saturated carbocycles. The molecule has 148 valence electrons. The lowest BCUT2D eigenvalue weighted by Gasteiger charge is -2.35. The number of carbonyl (C=O) groups excluding carboxylic acids is 1. The molecule has 5 rings (SSSR count). The number of furan rings is 1.